The number of fused-ring (bicyclic) bond motifs is 1. The number of nitrogens with one attached hydrogen (secondary N) is 2. The second-order valence-corrected chi connectivity index (χ2v) is 4.60. The summed E-state index contributed by atoms with van der Waals surface area (Å²) in [6.45, 7) is 1.91. The van der Waals surface area contributed by atoms with Gasteiger partial charge in [0.1, 0.15) is 12.4 Å². The zero-order valence-corrected chi connectivity index (χ0v) is 10.8. The molecule has 2 heterocycles. The summed E-state index contributed by atoms with van der Waals surface area (Å²) in [6, 6.07) is 6.84. The molecule has 0 bridgehead atoms. The Morgan fingerprint density at radius 2 is 2.25 bits per heavy atom. The van der Waals surface area contributed by atoms with Crippen LogP contribution in [0.5, 0.6) is 0 Å². The molecule has 0 fully saturated rings. The van der Waals surface area contributed by atoms with E-state index in [1.165, 1.54) is 11.0 Å². The number of aromatic nitrogens is 3. The number of amides is 2. The van der Waals surface area contributed by atoms with Crippen molar-refractivity contribution in [2.45, 2.75) is 19.4 Å². The molecule has 7 nitrogen and oxygen atoms in total. The largest absolute Gasteiger partial charge is 0.326 e. The van der Waals surface area contributed by atoms with E-state index in [1.807, 2.05) is 31.2 Å². The van der Waals surface area contributed by atoms with Gasteiger partial charge >= 0.3 is 0 Å². The summed E-state index contributed by atoms with van der Waals surface area (Å²) >= 11 is 0. The lowest BCUT2D eigenvalue weighted by Crippen LogP contribution is -2.23. The van der Waals surface area contributed by atoms with Crippen molar-refractivity contribution in [3.05, 3.63) is 36.2 Å². The van der Waals surface area contributed by atoms with Crippen LogP contribution in [0.2, 0.25) is 0 Å². The van der Waals surface area contributed by atoms with Gasteiger partial charge in [0.05, 0.1) is 6.42 Å². The molecule has 1 aliphatic heterocycles. The van der Waals surface area contributed by atoms with E-state index in [-0.39, 0.29) is 18.2 Å². The van der Waals surface area contributed by atoms with E-state index >= 15 is 0 Å². The number of nitrogens with zero attached hydrogens (tertiary/aromatic N) is 3. The Kier molecular flexibility index (Phi) is 2.94. The minimum Gasteiger partial charge on any atom is -0.326 e. The maximum absolute atomic E-state index is 12.0. The molecule has 0 radical (unpaired) electrons. The van der Waals surface area contributed by atoms with Gasteiger partial charge in [-0.25, -0.2) is 4.68 Å². The molecule has 20 heavy (non-hydrogen) atoms. The number of benzene rings is 1. The Morgan fingerprint density at radius 1 is 1.45 bits per heavy atom. The molecule has 2 N–H and O–H groups in total. The molecular formula is C13H13N5O2. The van der Waals surface area contributed by atoms with E-state index in [0.717, 1.165) is 11.3 Å². The molecular weight excluding hydrogens is 258 g/mol. The van der Waals surface area contributed by atoms with Crippen molar-refractivity contribution in [1.29, 1.82) is 0 Å². The van der Waals surface area contributed by atoms with E-state index in [4.69, 9.17) is 0 Å². The van der Waals surface area contributed by atoms with Crippen LogP contribution < -0.4 is 10.6 Å². The minimum absolute atomic E-state index is 0.0243. The highest BCUT2D eigenvalue weighted by molar-refractivity contribution is 6.01. The summed E-state index contributed by atoms with van der Waals surface area (Å²) in [5.74, 6) is -0.118. The minimum atomic E-state index is -0.642. The standard InChI is InChI=1S/C13H13N5O2/c1-8-4-2-3-5-9(8)16-11(19)6-10-12(20)17-13-14-7-15-18(10)13/h2-5,7,10H,6H2,1H3,(H,16,19)(H,14,15,17,20). The summed E-state index contributed by atoms with van der Waals surface area (Å²) in [5.41, 5.74) is 1.72. The van der Waals surface area contributed by atoms with Gasteiger partial charge in [0.2, 0.25) is 11.9 Å². The average molecular weight is 271 g/mol. The Labute approximate surface area is 115 Å². The van der Waals surface area contributed by atoms with Gasteiger partial charge in [0.25, 0.3) is 5.91 Å². The van der Waals surface area contributed by atoms with Gasteiger partial charge in [-0.05, 0) is 18.6 Å². The number of para-hydroxylation sites is 1. The highest BCUT2D eigenvalue weighted by Gasteiger charge is 2.33. The second-order valence-electron chi connectivity index (χ2n) is 4.60. The summed E-state index contributed by atoms with van der Waals surface area (Å²) in [5, 5.41) is 9.33. The van der Waals surface area contributed by atoms with Crippen molar-refractivity contribution < 1.29 is 9.59 Å². The topological polar surface area (TPSA) is 88.9 Å². The van der Waals surface area contributed by atoms with Gasteiger partial charge in [-0.2, -0.15) is 10.1 Å². The van der Waals surface area contributed by atoms with Crippen molar-refractivity contribution in [3.63, 3.8) is 0 Å². The van der Waals surface area contributed by atoms with Crippen LogP contribution in [0.25, 0.3) is 0 Å². The van der Waals surface area contributed by atoms with Crippen LogP contribution in [0.3, 0.4) is 0 Å². The van der Waals surface area contributed by atoms with Crippen LogP contribution in [-0.2, 0) is 9.59 Å². The first-order valence-corrected chi connectivity index (χ1v) is 6.21. The predicted octanol–water partition coefficient (Wildman–Crippen LogP) is 1.11. The summed E-state index contributed by atoms with van der Waals surface area (Å²) in [4.78, 5) is 27.7. The quantitative estimate of drug-likeness (QED) is 0.875. The van der Waals surface area contributed by atoms with Crippen molar-refractivity contribution in [2.75, 3.05) is 10.6 Å². The lowest BCUT2D eigenvalue weighted by atomic mass is 10.1. The third-order valence-electron chi connectivity index (χ3n) is 3.20. The van der Waals surface area contributed by atoms with Gasteiger partial charge in [-0.3, -0.25) is 14.9 Å². The Balaban J connectivity index is 1.71. The molecule has 102 valence electrons. The van der Waals surface area contributed by atoms with Crippen molar-refractivity contribution in [3.8, 4) is 0 Å². The Bertz CT molecular complexity index is 679. The molecule has 1 aromatic heterocycles. The van der Waals surface area contributed by atoms with Crippen LogP contribution in [0.1, 0.15) is 18.0 Å². The summed E-state index contributed by atoms with van der Waals surface area (Å²) in [7, 11) is 0. The van der Waals surface area contributed by atoms with E-state index in [1.54, 1.807) is 0 Å². The molecule has 7 heteroatoms. The first kappa shape index (κ1) is 12.3. The first-order valence-electron chi connectivity index (χ1n) is 6.21. The Hall–Kier alpha value is -2.70. The summed E-state index contributed by atoms with van der Waals surface area (Å²) in [6.07, 6.45) is 1.37. The van der Waals surface area contributed by atoms with E-state index in [9.17, 15) is 9.59 Å². The normalized spacial score (nSPS) is 16.6. The fourth-order valence-electron chi connectivity index (χ4n) is 2.14. The number of carbonyl (C=O) groups is 2. The predicted molar refractivity (Wildman–Crippen MR) is 72.1 cm³/mol. The fraction of sp³-hybridized carbons (Fsp3) is 0.231. The van der Waals surface area contributed by atoms with E-state index in [2.05, 4.69) is 20.7 Å². The van der Waals surface area contributed by atoms with Gasteiger partial charge in [0, 0.05) is 5.69 Å². The zero-order chi connectivity index (χ0) is 14.1. The number of rotatable bonds is 3. The zero-order valence-electron chi connectivity index (χ0n) is 10.8. The first-order chi connectivity index (χ1) is 9.65. The smallest absolute Gasteiger partial charge is 0.252 e. The second kappa shape index (κ2) is 4.76. The third kappa shape index (κ3) is 2.13. The SMILES string of the molecule is Cc1ccccc1NC(=O)CC1C(=O)Nc2ncnn21. The van der Waals surface area contributed by atoms with Gasteiger partial charge in [-0.1, -0.05) is 18.2 Å². The van der Waals surface area contributed by atoms with Crippen molar-refractivity contribution in [1.82, 2.24) is 14.8 Å². The average Bonchev–Trinajstić information content (AvgIpc) is 2.96. The molecule has 0 aliphatic carbocycles. The van der Waals surface area contributed by atoms with Gasteiger partial charge < -0.3 is 5.32 Å². The van der Waals surface area contributed by atoms with Crippen molar-refractivity contribution in [2.24, 2.45) is 0 Å². The maximum atomic E-state index is 12.0. The molecule has 1 atom stereocenters. The lowest BCUT2D eigenvalue weighted by molar-refractivity contribution is -0.123. The van der Waals surface area contributed by atoms with Crippen molar-refractivity contribution >= 4 is 23.5 Å². The van der Waals surface area contributed by atoms with E-state index < -0.39 is 6.04 Å². The molecule has 2 aromatic rings. The molecule has 0 saturated carbocycles. The molecule has 1 aliphatic rings. The van der Waals surface area contributed by atoms with Crippen LogP contribution in [0.4, 0.5) is 11.6 Å². The summed E-state index contributed by atoms with van der Waals surface area (Å²) < 4.78 is 1.43. The number of aryl methyl sites for hydroxylation is 1. The molecule has 1 aromatic carbocycles. The van der Waals surface area contributed by atoms with Crippen LogP contribution in [0.15, 0.2) is 30.6 Å². The van der Waals surface area contributed by atoms with E-state index in [0.29, 0.717) is 5.95 Å². The van der Waals surface area contributed by atoms with Gasteiger partial charge in [-0.15, -0.1) is 0 Å². The third-order valence-corrected chi connectivity index (χ3v) is 3.20. The highest BCUT2D eigenvalue weighted by atomic mass is 16.2. The number of hydrogen-bond acceptors (Lipinski definition) is 4. The molecule has 3 rings (SSSR count). The van der Waals surface area contributed by atoms with Gasteiger partial charge in [0.15, 0.2) is 0 Å². The highest BCUT2D eigenvalue weighted by Crippen LogP contribution is 2.24. The number of carbonyl (C=O) groups excluding carboxylic acids is 2. The fourth-order valence-corrected chi connectivity index (χ4v) is 2.14. The van der Waals surface area contributed by atoms with Crippen LogP contribution >= 0.6 is 0 Å². The molecule has 0 saturated heterocycles. The number of hydrogen-bond donors (Lipinski definition) is 2. The monoisotopic (exact) mass is 271 g/mol. The lowest BCUT2D eigenvalue weighted by Gasteiger charge is -2.11. The van der Waals surface area contributed by atoms with Crippen LogP contribution in [-0.4, -0.2) is 26.6 Å². The van der Waals surface area contributed by atoms with Crippen LogP contribution in [0, 0.1) is 6.92 Å². The maximum Gasteiger partial charge on any atom is 0.252 e. The number of anilines is 2. The Morgan fingerprint density at radius 3 is 3.05 bits per heavy atom. The molecule has 2 amide bonds. The molecule has 1 unspecified atom stereocenters. The molecule has 0 spiro atoms.